The van der Waals surface area contributed by atoms with E-state index in [4.69, 9.17) is 4.74 Å². The van der Waals surface area contributed by atoms with Gasteiger partial charge < -0.3 is 10.1 Å². The Morgan fingerprint density at radius 3 is 2.61 bits per heavy atom. The van der Waals surface area contributed by atoms with Crippen LogP contribution in [0.3, 0.4) is 0 Å². The van der Waals surface area contributed by atoms with Crippen molar-refractivity contribution in [1.29, 1.82) is 5.26 Å². The number of anilines is 1. The molecule has 0 amide bonds. The Labute approximate surface area is 135 Å². The largest absolute Gasteiger partial charge is 0.376 e. The molecule has 1 aliphatic carbocycles. The monoisotopic (exact) mass is 320 g/mol. The topological polar surface area (TPSA) is 89.1 Å². The van der Waals surface area contributed by atoms with Gasteiger partial charge in [0.1, 0.15) is 11.9 Å². The van der Waals surface area contributed by atoms with Crippen molar-refractivity contribution in [2.24, 2.45) is 20.0 Å². The molecule has 7 nitrogen and oxygen atoms in total. The highest BCUT2D eigenvalue weighted by Gasteiger charge is 2.21. The van der Waals surface area contributed by atoms with Crippen molar-refractivity contribution in [3.8, 4) is 6.07 Å². The van der Waals surface area contributed by atoms with Gasteiger partial charge in [0.15, 0.2) is 5.56 Å². The summed E-state index contributed by atoms with van der Waals surface area (Å²) < 4.78 is 8.11. The maximum Gasteiger partial charge on any atom is 0.332 e. The molecule has 2 atom stereocenters. The van der Waals surface area contributed by atoms with Crippen molar-refractivity contribution in [2.75, 3.05) is 18.5 Å². The first-order valence-corrected chi connectivity index (χ1v) is 8.03. The van der Waals surface area contributed by atoms with Crippen LogP contribution in [-0.2, 0) is 18.8 Å². The molecular formula is C16H24N4O3. The minimum absolute atomic E-state index is 0.0550. The van der Waals surface area contributed by atoms with Crippen LogP contribution >= 0.6 is 0 Å². The van der Waals surface area contributed by atoms with Crippen LogP contribution in [0.2, 0.25) is 0 Å². The summed E-state index contributed by atoms with van der Waals surface area (Å²) in [5.74, 6) is 0.813. The third-order valence-corrected chi connectivity index (χ3v) is 4.54. The van der Waals surface area contributed by atoms with Crippen molar-refractivity contribution >= 4 is 5.82 Å². The van der Waals surface area contributed by atoms with Crippen LogP contribution < -0.4 is 16.6 Å². The molecule has 1 aromatic heterocycles. The van der Waals surface area contributed by atoms with E-state index in [1.165, 1.54) is 37.9 Å². The average Bonchev–Trinajstić information content (AvgIpc) is 2.55. The van der Waals surface area contributed by atoms with Gasteiger partial charge in [0.25, 0.3) is 5.56 Å². The third-order valence-electron chi connectivity index (χ3n) is 4.54. The van der Waals surface area contributed by atoms with E-state index < -0.39 is 11.2 Å². The molecular weight excluding hydrogens is 296 g/mol. The molecule has 1 aliphatic rings. The van der Waals surface area contributed by atoms with E-state index in [-0.39, 0.29) is 17.5 Å². The van der Waals surface area contributed by atoms with Gasteiger partial charge in [0, 0.05) is 20.6 Å². The number of aromatic nitrogens is 2. The van der Waals surface area contributed by atoms with Crippen LogP contribution in [0.5, 0.6) is 0 Å². The molecule has 0 unspecified atom stereocenters. The highest BCUT2D eigenvalue weighted by molar-refractivity contribution is 5.51. The molecule has 2 rings (SSSR count). The van der Waals surface area contributed by atoms with Crippen LogP contribution in [0, 0.1) is 17.2 Å². The van der Waals surface area contributed by atoms with E-state index in [2.05, 4.69) is 12.2 Å². The Morgan fingerprint density at radius 2 is 1.96 bits per heavy atom. The summed E-state index contributed by atoms with van der Waals surface area (Å²) in [6.07, 6.45) is 5.01. The maximum atomic E-state index is 12.0. The van der Waals surface area contributed by atoms with Crippen molar-refractivity contribution < 1.29 is 4.74 Å². The first-order chi connectivity index (χ1) is 11.0. The SMILES string of the molecule is C[C@H]1CCCC[C@H]1OCCNc1c(C#N)c(=O)n(C)c(=O)n1C. The van der Waals surface area contributed by atoms with Crippen LogP contribution in [0.25, 0.3) is 0 Å². The lowest BCUT2D eigenvalue weighted by molar-refractivity contribution is 0.000353. The van der Waals surface area contributed by atoms with Crippen molar-refractivity contribution in [1.82, 2.24) is 9.13 Å². The van der Waals surface area contributed by atoms with E-state index in [1.807, 2.05) is 6.07 Å². The van der Waals surface area contributed by atoms with Gasteiger partial charge >= 0.3 is 5.69 Å². The standard InChI is InChI=1S/C16H24N4O3/c1-11-6-4-5-7-13(11)23-9-8-18-14-12(10-17)15(21)20(3)16(22)19(14)2/h11,13,18H,4-9H2,1-3H3/t11-,13+/m0/s1. The Balaban J connectivity index is 2.02. The highest BCUT2D eigenvalue weighted by atomic mass is 16.5. The molecule has 0 bridgehead atoms. The number of hydrogen-bond acceptors (Lipinski definition) is 5. The summed E-state index contributed by atoms with van der Waals surface area (Å²) in [5, 5.41) is 12.2. The lowest BCUT2D eigenvalue weighted by atomic mass is 9.88. The molecule has 7 heteroatoms. The molecule has 1 saturated carbocycles. The van der Waals surface area contributed by atoms with Crippen LogP contribution in [0.4, 0.5) is 5.82 Å². The fraction of sp³-hybridized carbons (Fsp3) is 0.688. The Hall–Kier alpha value is -2.07. The fourth-order valence-electron chi connectivity index (χ4n) is 3.06. The predicted molar refractivity (Wildman–Crippen MR) is 87.5 cm³/mol. The van der Waals surface area contributed by atoms with Crippen molar-refractivity contribution in [3.63, 3.8) is 0 Å². The molecule has 1 fully saturated rings. The zero-order chi connectivity index (χ0) is 17.0. The van der Waals surface area contributed by atoms with Gasteiger partial charge in [-0.2, -0.15) is 5.26 Å². The minimum Gasteiger partial charge on any atom is -0.376 e. The van der Waals surface area contributed by atoms with Gasteiger partial charge in [-0.1, -0.05) is 19.8 Å². The Kier molecular flexibility index (Phi) is 5.61. The molecule has 126 valence electrons. The Morgan fingerprint density at radius 1 is 1.26 bits per heavy atom. The van der Waals surface area contributed by atoms with Crippen LogP contribution in [-0.4, -0.2) is 28.4 Å². The predicted octanol–water partition coefficient (Wildman–Crippen LogP) is 0.963. The lowest BCUT2D eigenvalue weighted by Crippen LogP contribution is -2.40. The number of nitrogens with zero attached hydrogens (tertiary/aromatic N) is 3. The van der Waals surface area contributed by atoms with E-state index in [9.17, 15) is 14.9 Å². The number of rotatable bonds is 5. The lowest BCUT2D eigenvalue weighted by Gasteiger charge is -2.28. The van der Waals surface area contributed by atoms with Crippen LogP contribution in [0.15, 0.2) is 9.59 Å². The van der Waals surface area contributed by atoms with Gasteiger partial charge in [-0.15, -0.1) is 0 Å². The minimum atomic E-state index is -0.583. The van der Waals surface area contributed by atoms with Crippen molar-refractivity contribution in [3.05, 3.63) is 26.4 Å². The summed E-state index contributed by atoms with van der Waals surface area (Å²) in [6.45, 7) is 3.12. The molecule has 1 heterocycles. The van der Waals surface area contributed by atoms with Gasteiger partial charge in [-0.05, 0) is 18.8 Å². The average molecular weight is 320 g/mol. The highest BCUT2D eigenvalue weighted by Crippen LogP contribution is 2.26. The van der Waals surface area contributed by atoms with E-state index in [0.717, 1.165) is 11.0 Å². The molecule has 23 heavy (non-hydrogen) atoms. The normalized spacial score (nSPS) is 21.0. The second kappa shape index (κ2) is 7.47. The second-order valence-electron chi connectivity index (χ2n) is 6.14. The molecule has 0 spiro atoms. The van der Waals surface area contributed by atoms with Gasteiger partial charge in [-0.25, -0.2) is 4.79 Å². The number of ether oxygens (including phenoxy) is 1. The molecule has 0 radical (unpaired) electrons. The first-order valence-electron chi connectivity index (χ1n) is 8.03. The molecule has 0 aromatic carbocycles. The quantitative estimate of drug-likeness (QED) is 0.816. The van der Waals surface area contributed by atoms with Crippen molar-refractivity contribution in [2.45, 2.75) is 38.7 Å². The summed E-state index contributed by atoms with van der Waals surface area (Å²) >= 11 is 0. The molecule has 1 aromatic rings. The van der Waals surface area contributed by atoms with Gasteiger partial charge in [0.2, 0.25) is 0 Å². The Bertz CT molecular complexity index is 714. The molecule has 1 N–H and O–H groups in total. The third kappa shape index (κ3) is 3.64. The number of nitriles is 1. The summed E-state index contributed by atoms with van der Waals surface area (Å²) in [6, 6.07) is 1.87. The second-order valence-corrected chi connectivity index (χ2v) is 6.14. The fourth-order valence-corrected chi connectivity index (χ4v) is 3.06. The van der Waals surface area contributed by atoms with Crippen LogP contribution in [0.1, 0.15) is 38.2 Å². The molecule has 0 aliphatic heterocycles. The zero-order valence-corrected chi connectivity index (χ0v) is 14.0. The zero-order valence-electron chi connectivity index (χ0n) is 14.0. The summed E-state index contributed by atoms with van der Waals surface area (Å²) in [4.78, 5) is 23.9. The van der Waals surface area contributed by atoms with Gasteiger partial charge in [0.05, 0.1) is 12.7 Å². The number of hydrogen-bond donors (Lipinski definition) is 1. The number of nitrogens with one attached hydrogen (secondary N) is 1. The van der Waals surface area contributed by atoms with E-state index >= 15 is 0 Å². The van der Waals surface area contributed by atoms with E-state index in [0.29, 0.717) is 19.1 Å². The molecule has 0 saturated heterocycles. The summed E-state index contributed by atoms with van der Waals surface area (Å²) in [7, 11) is 2.90. The maximum absolute atomic E-state index is 12.0. The van der Waals surface area contributed by atoms with E-state index in [1.54, 1.807) is 0 Å². The summed E-state index contributed by atoms with van der Waals surface area (Å²) in [5.41, 5.74) is -1.10. The van der Waals surface area contributed by atoms with Gasteiger partial charge in [-0.3, -0.25) is 13.9 Å². The smallest absolute Gasteiger partial charge is 0.332 e. The first kappa shape index (κ1) is 17.3.